The van der Waals surface area contributed by atoms with Crippen molar-refractivity contribution in [1.29, 1.82) is 0 Å². The molecule has 0 aliphatic heterocycles. The molecule has 0 spiro atoms. The molecular weight excluding hydrogens is 280 g/mol. The van der Waals surface area contributed by atoms with Crippen molar-refractivity contribution in [2.45, 2.75) is 33.1 Å². The van der Waals surface area contributed by atoms with E-state index in [0.717, 1.165) is 23.0 Å². The van der Waals surface area contributed by atoms with Crippen LogP contribution in [-0.4, -0.2) is 17.3 Å². The fourth-order valence-corrected chi connectivity index (χ4v) is 2.14. The SMILES string of the molecule is CCC(CC)(CN)C(=O)Cc1ccc(Br)cn1. The number of halogens is 1. The molecule has 1 aromatic rings. The van der Waals surface area contributed by atoms with E-state index < -0.39 is 0 Å². The number of ketones is 1. The zero-order valence-electron chi connectivity index (χ0n) is 10.4. The van der Waals surface area contributed by atoms with Gasteiger partial charge in [0.1, 0.15) is 5.78 Å². The fraction of sp³-hybridized carbons (Fsp3) is 0.538. The average molecular weight is 299 g/mol. The molecule has 0 aliphatic carbocycles. The van der Waals surface area contributed by atoms with E-state index in [1.54, 1.807) is 6.20 Å². The Kier molecular flexibility index (Phi) is 5.28. The van der Waals surface area contributed by atoms with Gasteiger partial charge in [-0.2, -0.15) is 0 Å². The summed E-state index contributed by atoms with van der Waals surface area (Å²) in [5, 5.41) is 0. The van der Waals surface area contributed by atoms with E-state index in [2.05, 4.69) is 20.9 Å². The van der Waals surface area contributed by atoms with Gasteiger partial charge < -0.3 is 5.73 Å². The number of nitrogens with zero attached hydrogens (tertiary/aromatic N) is 1. The lowest BCUT2D eigenvalue weighted by Crippen LogP contribution is -2.38. The Bertz CT molecular complexity index is 363. The van der Waals surface area contributed by atoms with Gasteiger partial charge in [0, 0.05) is 34.7 Å². The molecule has 1 rings (SSSR count). The average Bonchev–Trinajstić information content (AvgIpc) is 2.35. The molecular formula is C13H19BrN2O. The Morgan fingerprint density at radius 1 is 1.41 bits per heavy atom. The number of carbonyl (C=O) groups is 1. The van der Waals surface area contributed by atoms with E-state index in [-0.39, 0.29) is 11.2 Å². The minimum atomic E-state index is -0.380. The Morgan fingerprint density at radius 2 is 2.06 bits per heavy atom. The molecule has 4 heteroatoms. The molecule has 0 fully saturated rings. The molecule has 3 nitrogen and oxygen atoms in total. The van der Waals surface area contributed by atoms with Crippen molar-refractivity contribution in [2.75, 3.05) is 6.54 Å². The molecule has 0 aliphatic rings. The molecule has 0 bridgehead atoms. The van der Waals surface area contributed by atoms with Crippen LogP contribution in [0.2, 0.25) is 0 Å². The van der Waals surface area contributed by atoms with Crippen molar-refractivity contribution >= 4 is 21.7 Å². The predicted octanol–water partition coefficient (Wildman–Crippen LogP) is 2.72. The first-order chi connectivity index (χ1) is 8.07. The first-order valence-corrected chi connectivity index (χ1v) is 6.71. The van der Waals surface area contributed by atoms with Crippen molar-refractivity contribution in [3.63, 3.8) is 0 Å². The zero-order valence-corrected chi connectivity index (χ0v) is 12.0. The van der Waals surface area contributed by atoms with Gasteiger partial charge in [0.2, 0.25) is 0 Å². The number of pyridine rings is 1. The van der Waals surface area contributed by atoms with Crippen LogP contribution in [0.25, 0.3) is 0 Å². The molecule has 1 heterocycles. The number of aromatic nitrogens is 1. The lowest BCUT2D eigenvalue weighted by atomic mass is 9.77. The van der Waals surface area contributed by atoms with E-state index in [9.17, 15) is 4.79 Å². The van der Waals surface area contributed by atoms with Crippen LogP contribution in [-0.2, 0) is 11.2 Å². The summed E-state index contributed by atoms with van der Waals surface area (Å²) in [6.07, 6.45) is 3.65. The van der Waals surface area contributed by atoms with E-state index in [4.69, 9.17) is 5.73 Å². The second kappa shape index (κ2) is 6.26. The summed E-state index contributed by atoms with van der Waals surface area (Å²) in [5.41, 5.74) is 6.18. The first-order valence-electron chi connectivity index (χ1n) is 5.91. The molecule has 0 atom stereocenters. The topological polar surface area (TPSA) is 56.0 Å². The van der Waals surface area contributed by atoms with Crippen molar-refractivity contribution in [1.82, 2.24) is 4.98 Å². The fourth-order valence-electron chi connectivity index (χ4n) is 1.91. The molecule has 0 saturated heterocycles. The summed E-state index contributed by atoms with van der Waals surface area (Å²) in [7, 11) is 0. The number of Topliss-reactive ketones (excluding diaryl/α,β-unsaturated/α-hetero) is 1. The van der Waals surface area contributed by atoms with Crippen molar-refractivity contribution in [3.05, 3.63) is 28.5 Å². The maximum atomic E-state index is 12.3. The summed E-state index contributed by atoms with van der Waals surface area (Å²) in [6, 6.07) is 3.77. The Labute approximate surface area is 111 Å². The van der Waals surface area contributed by atoms with Crippen LogP contribution in [0.1, 0.15) is 32.4 Å². The van der Waals surface area contributed by atoms with Crippen LogP contribution < -0.4 is 5.73 Å². The smallest absolute Gasteiger partial charge is 0.146 e. The highest BCUT2D eigenvalue weighted by molar-refractivity contribution is 9.10. The third-order valence-corrected chi connectivity index (χ3v) is 3.94. The van der Waals surface area contributed by atoms with Gasteiger partial charge in [-0.1, -0.05) is 13.8 Å². The minimum absolute atomic E-state index is 0.194. The van der Waals surface area contributed by atoms with Gasteiger partial charge in [0.05, 0.1) is 0 Å². The van der Waals surface area contributed by atoms with Crippen molar-refractivity contribution < 1.29 is 4.79 Å². The number of hydrogen-bond donors (Lipinski definition) is 1. The summed E-state index contributed by atoms with van der Waals surface area (Å²) in [6.45, 7) is 4.45. The van der Waals surface area contributed by atoms with Gasteiger partial charge in [0.15, 0.2) is 0 Å². The van der Waals surface area contributed by atoms with Gasteiger partial charge >= 0.3 is 0 Å². The van der Waals surface area contributed by atoms with Crippen LogP contribution in [0, 0.1) is 5.41 Å². The largest absolute Gasteiger partial charge is 0.329 e. The molecule has 17 heavy (non-hydrogen) atoms. The van der Waals surface area contributed by atoms with Gasteiger partial charge in [-0.05, 0) is 40.9 Å². The molecule has 0 radical (unpaired) electrons. The highest BCUT2D eigenvalue weighted by Gasteiger charge is 2.32. The second-order valence-corrected chi connectivity index (χ2v) is 5.17. The molecule has 0 saturated carbocycles. The maximum absolute atomic E-state index is 12.3. The molecule has 2 N–H and O–H groups in total. The molecule has 0 unspecified atom stereocenters. The minimum Gasteiger partial charge on any atom is -0.329 e. The first kappa shape index (κ1) is 14.3. The van der Waals surface area contributed by atoms with Gasteiger partial charge in [-0.3, -0.25) is 9.78 Å². The normalized spacial score (nSPS) is 11.5. The van der Waals surface area contributed by atoms with Crippen LogP contribution in [0.3, 0.4) is 0 Å². The Morgan fingerprint density at radius 3 is 2.47 bits per heavy atom. The maximum Gasteiger partial charge on any atom is 0.146 e. The summed E-state index contributed by atoms with van der Waals surface area (Å²) >= 11 is 3.32. The second-order valence-electron chi connectivity index (χ2n) is 4.26. The predicted molar refractivity (Wildman–Crippen MR) is 72.7 cm³/mol. The van der Waals surface area contributed by atoms with Crippen LogP contribution >= 0.6 is 15.9 Å². The summed E-state index contributed by atoms with van der Waals surface area (Å²) < 4.78 is 0.921. The Balaban J connectivity index is 2.80. The molecule has 0 amide bonds. The third kappa shape index (κ3) is 3.36. The van der Waals surface area contributed by atoms with Gasteiger partial charge in [-0.15, -0.1) is 0 Å². The lowest BCUT2D eigenvalue weighted by molar-refractivity contribution is -0.128. The van der Waals surface area contributed by atoms with E-state index in [1.165, 1.54) is 0 Å². The third-order valence-electron chi connectivity index (χ3n) is 3.47. The number of carbonyl (C=O) groups excluding carboxylic acids is 1. The highest BCUT2D eigenvalue weighted by atomic mass is 79.9. The monoisotopic (exact) mass is 298 g/mol. The number of nitrogens with two attached hydrogens (primary N) is 1. The zero-order chi connectivity index (χ0) is 12.9. The summed E-state index contributed by atoms with van der Waals surface area (Å²) in [5.74, 6) is 0.194. The van der Waals surface area contributed by atoms with Crippen molar-refractivity contribution in [2.24, 2.45) is 11.1 Å². The summed E-state index contributed by atoms with van der Waals surface area (Å²) in [4.78, 5) is 16.5. The molecule has 1 aromatic heterocycles. The molecule has 0 aromatic carbocycles. The quantitative estimate of drug-likeness (QED) is 0.878. The van der Waals surface area contributed by atoms with E-state index in [1.807, 2.05) is 26.0 Å². The van der Waals surface area contributed by atoms with Gasteiger partial charge in [-0.25, -0.2) is 0 Å². The lowest BCUT2D eigenvalue weighted by Gasteiger charge is -2.28. The number of hydrogen-bond acceptors (Lipinski definition) is 3. The molecule has 94 valence electrons. The van der Waals surface area contributed by atoms with E-state index >= 15 is 0 Å². The van der Waals surface area contributed by atoms with Crippen LogP contribution in [0.15, 0.2) is 22.8 Å². The van der Waals surface area contributed by atoms with E-state index in [0.29, 0.717) is 13.0 Å². The standard InChI is InChI=1S/C13H19BrN2O/c1-3-13(4-2,9-15)12(17)7-11-6-5-10(14)8-16-11/h5-6,8H,3-4,7,9,15H2,1-2H3. The van der Waals surface area contributed by atoms with Gasteiger partial charge in [0.25, 0.3) is 0 Å². The Hall–Kier alpha value is -0.740. The highest BCUT2D eigenvalue weighted by Crippen LogP contribution is 2.27. The number of rotatable bonds is 6. The van der Waals surface area contributed by atoms with Crippen molar-refractivity contribution in [3.8, 4) is 0 Å². The van der Waals surface area contributed by atoms with Crippen LogP contribution in [0.4, 0.5) is 0 Å². The van der Waals surface area contributed by atoms with Crippen LogP contribution in [0.5, 0.6) is 0 Å².